The average molecular weight is 354 g/mol. The molecule has 0 aliphatic heterocycles. The van der Waals surface area contributed by atoms with Gasteiger partial charge in [0.05, 0.1) is 6.61 Å². The van der Waals surface area contributed by atoms with Crippen LogP contribution in [0.25, 0.3) is 0 Å². The van der Waals surface area contributed by atoms with Gasteiger partial charge >= 0.3 is 5.97 Å². The van der Waals surface area contributed by atoms with Crippen LogP contribution >= 0.6 is 0 Å². The minimum Gasteiger partial charge on any atom is -0.466 e. The Hall–Kier alpha value is -2.62. The van der Waals surface area contributed by atoms with Gasteiger partial charge in [-0.2, -0.15) is 0 Å². The molecule has 0 amide bonds. The molecule has 2 aromatic carbocycles. The van der Waals surface area contributed by atoms with Crippen molar-refractivity contribution in [2.45, 2.75) is 46.5 Å². The summed E-state index contributed by atoms with van der Waals surface area (Å²) in [5.41, 5.74) is 2.87. The summed E-state index contributed by atoms with van der Waals surface area (Å²) in [5.74, 6) is 1.40. The van der Waals surface area contributed by atoms with Crippen molar-refractivity contribution in [3.63, 3.8) is 0 Å². The van der Waals surface area contributed by atoms with E-state index in [-0.39, 0.29) is 11.8 Å². The SMILES string of the molecule is CCOC(=O)CCCCC(=O)c1ccc(Oc2cc(C)ccc2C)cc1. The van der Waals surface area contributed by atoms with Gasteiger partial charge in [0.1, 0.15) is 11.5 Å². The molecule has 2 aromatic rings. The minimum atomic E-state index is -0.201. The second-order valence-electron chi connectivity index (χ2n) is 6.33. The third-order valence-corrected chi connectivity index (χ3v) is 4.09. The highest BCUT2D eigenvalue weighted by Gasteiger charge is 2.08. The lowest BCUT2D eigenvalue weighted by Gasteiger charge is -2.10. The summed E-state index contributed by atoms with van der Waals surface area (Å²) < 4.78 is 10.8. The van der Waals surface area contributed by atoms with Crippen LogP contribution in [0.5, 0.6) is 11.5 Å². The molecule has 0 saturated heterocycles. The van der Waals surface area contributed by atoms with E-state index < -0.39 is 0 Å². The molecule has 26 heavy (non-hydrogen) atoms. The predicted molar refractivity (Wildman–Crippen MR) is 102 cm³/mol. The van der Waals surface area contributed by atoms with Gasteiger partial charge in [-0.1, -0.05) is 12.1 Å². The van der Waals surface area contributed by atoms with Crippen molar-refractivity contribution in [3.8, 4) is 11.5 Å². The molecule has 0 saturated carbocycles. The first-order valence-corrected chi connectivity index (χ1v) is 9.03. The largest absolute Gasteiger partial charge is 0.466 e. The van der Waals surface area contributed by atoms with E-state index in [2.05, 4.69) is 0 Å². The highest BCUT2D eigenvalue weighted by molar-refractivity contribution is 5.96. The molecule has 0 fully saturated rings. The molecule has 0 radical (unpaired) electrons. The molecule has 0 aromatic heterocycles. The summed E-state index contributed by atoms with van der Waals surface area (Å²) >= 11 is 0. The molecule has 0 aliphatic rings. The number of rotatable bonds is 9. The molecular weight excluding hydrogens is 328 g/mol. The van der Waals surface area contributed by atoms with Crippen LogP contribution in [-0.4, -0.2) is 18.4 Å². The standard InChI is InChI=1S/C22H26O4/c1-4-25-22(24)8-6-5-7-20(23)18-11-13-19(14-12-18)26-21-15-16(2)9-10-17(21)3/h9-15H,4-8H2,1-3H3. The molecule has 0 N–H and O–H groups in total. The van der Waals surface area contributed by atoms with Gasteiger partial charge in [0, 0.05) is 18.4 Å². The smallest absolute Gasteiger partial charge is 0.305 e. The summed E-state index contributed by atoms with van der Waals surface area (Å²) in [6, 6.07) is 13.3. The first-order valence-electron chi connectivity index (χ1n) is 9.03. The zero-order chi connectivity index (χ0) is 18.9. The van der Waals surface area contributed by atoms with Gasteiger partial charge < -0.3 is 9.47 Å². The summed E-state index contributed by atoms with van der Waals surface area (Å²) in [6.45, 7) is 6.21. The number of hydrogen-bond donors (Lipinski definition) is 0. The quantitative estimate of drug-likeness (QED) is 0.344. The zero-order valence-corrected chi connectivity index (χ0v) is 15.7. The Kier molecular flexibility index (Phi) is 7.39. The van der Waals surface area contributed by atoms with E-state index in [0.717, 1.165) is 16.9 Å². The van der Waals surface area contributed by atoms with E-state index >= 15 is 0 Å². The first-order chi connectivity index (χ1) is 12.5. The van der Waals surface area contributed by atoms with Gasteiger partial charge in [-0.25, -0.2) is 0 Å². The summed E-state index contributed by atoms with van der Waals surface area (Å²) in [7, 11) is 0. The summed E-state index contributed by atoms with van der Waals surface area (Å²) in [6.07, 6.45) is 2.14. The van der Waals surface area contributed by atoms with Crippen molar-refractivity contribution in [3.05, 3.63) is 59.2 Å². The van der Waals surface area contributed by atoms with E-state index in [1.54, 1.807) is 19.1 Å². The van der Waals surface area contributed by atoms with Crippen LogP contribution in [0.15, 0.2) is 42.5 Å². The summed E-state index contributed by atoms with van der Waals surface area (Å²) in [5, 5.41) is 0. The van der Waals surface area contributed by atoms with Crippen molar-refractivity contribution in [2.24, 2.45) is 0 Å². The Bertz CT molecular complexity index is 747. The lowest BCUT2D eigenvalue weighted by Crippen LogP contribution is -2.04. The third kappa shape index (κ3) is 6.03. The Balaban J connectivity index is 1.85. The Morgan fingerprint density at radius 1 is 0.923 bits per heavy atom. The zero-order valence-electron chi connectivity index (χ0n) is 15.7. The van der Waals surface area contributed by atoms with Gasteiger partial charge in [0.15, 0.2) is 5.78 Å². The fourth-order valence-corrected chi connectivity index (χ4v) is 2.59. The number of aryl methyl sites for hydroxylation is 2. The third-order valence-electron chi connectivity index (χ3n) is 4.09. The monoisotopic (exact) mass is 354 g/mol. The number of benzene rings is 2. The van der Waals surface area contributed by atoms with Gasteiger partial charge in [0.25, 0.3) is 0 Å². The minimum absolute atomic E-state index is 0.0761. The van der Waals surface area contributed by atoms with Crippen molar-refractivity contribution < 1.29 is 19.1 Å². The van der Waals surface area contributed by atoms with Crippen molar-refractivity contribution in [2.75, 3.05) is 6.61 Å². The van der Waals surface area contributed by atoms with E-state index in [1.807, 2.05) is 44.2 Å². The maximum atomic E-state index is 12.2. The number of carbonyl (C=O) groups is 2. The lowest BCUT2D eigenvalue weighted by molar-refractivity contribution is -0.143. The molecule has 0 heterocycles. The normalized spacial score (nSPS) is 10.4. The summed E-state index contributed by atoms with van der Waals surface area (Å²) in [4.78, 5) is 23.5. The molecule has 0 atom stereocenters. The highest BCUT2D eigenvalue weighted by Crippen LogP contribution is 2.26. The second kappa shape index (κ2) is 9.76. The Morgan fingerprint density at radius 3 is 2.31 bits per heavy atom. The van der Waals surface area contributed by atoms with Crippen LogP contribution in [0.4, 0.5) is 0 Å². The van der Waals surface area contributed by atoms with Gasteiger partial charge in [-0.3, -0.25) is 9.59 Å². The topological polar surface area (TPSA) is 52.6 Å². The first kappa shape index (κ1) is 19.7. The van der Waals surface area contributed by atoms with Crippen molar-refractivity contribution >= 4 is 11.8 Å². The van der Waals surface area contributed by atoms with E-state index in [0.29, 0.717) is 43.6 Å². The number of hydrogen-bond acceptors (Lipinski definition) is 4. The molecule has 0 spiro atoms. The molecule has 0 aliphatic carbocycles. The molecular formula is C22H26O4. The fourth-order valence-electron chi connectivity index (χ4n) is 2.59. The van der Waals surface area contributed by atoms with Gasteiger partial charge in [-0.15, -0.1) is 0 Å². The van der Waals surface area contributed by atoms with E-state index in [4.69, 9.17) is 9.47 Å². The van der Waals surface area contributed by atoms with Gasteiger partial charge in [-0.05, 0) is 75.1 Å². The second-order valence-corrected chi connectivity index (χ2v) is 6.33. The number of esters is 1. The molecule has 138 valence electrons. The molecule has 4 heteroatoms. The maximum Gasteiger partial charge on any atom is 0.305 e. The van der Waals surface area contributed by atoms with Crippen LogP contribution in [0.3, 0.4) is 0 Å². The molecule has 0 bridgehead atoms. The molecule has 4 nitrogen and oxygen atoms in total. The number of Topliss-reactive ketones (excluding diaryl/α,β-unsaturated/α-hetero) is 1. The Labute approximate surface area is 155 Å². The van der Waals surface area contributed by atoms with Crippen LogP contribution in [0, 0.1) is 13.8 Å². The van der Waals surface area contributed by atoms with Crippen LogP contribution < -0.4 is 4.74 Å². The van der Waals surface area contributed by atoms with Crippen LogP contribution in [0.1, 0.15) is 54.1 Å². The van der Waals surface area contributed by atoms with Gasteiger partial charge in [0.2, 0.25) is 0 Å². The average Bonchev–Trinajstić information content (AvgIpc) is 2.62. The van der Waals surface area contributed by atoms with E-state index in [1.165, 1.54) is 0 Å². The Morgan fingerprint density at radius 2 is 1.62 bits per heavy atom. The maximum absolute atomic E-state index is 12.2. The van der Waals surface area contributed by atoms with Crippen LogP contribution in [0.2, 0.25) is 0 Å². The van der Waals surface area contributed by atoms with Crippen molar-refractivity contribution in [1.82, 2.24) is 0 Å². The highest BCUT2D eigenvalue weighted by atomic mass is 16.5. The van der Waals surface area contributed by atoms with Crippen molar-refractivity contribution in [1.29, 1.82) is 0 Å². The molecule has 0 unspecified atom stereocenters. The number of ketones is 1. The van der Waals surface area contributed by atoms with E-state index in [9.17, 15) is 9.59 Å². The fraction of sp³-hybridized carbons (Fsp3) is 0.364. The molecule has 2 rings (SSSR count). The number of ether oxygens (including phenoxy) is 2. The lowest BCUT2D eigenvalue weighted by atomic mass is 10.0. The predicted octanol–water partition coefficient (Wildman–Crippen LogP) is 5.40. The number of carbonyl (C=O) groups excluding carboxylic acids is 2. The van der Waals surface area contributed by atoms with Crippen LogP contribution in [-0.2, 0) is 9.53 Å². The number of unbranched alkanes of at least 4 members (excludes halogenated alkanes) is 1.